The average Bonchev–Trinajstić information content (AvgIpc) is 2.72. The number of carbonyl (C=O) groups excluding carboxylic acids is 3. The Kier molecular flexibility index (Phi) is 6.44. The van der Waals surface area contributed by atoms with E-state index in [1.54, 1.807) is 34.1 Å². The smallest absolute Gasteiger partial charge is 0.253 e. The van der Waals surface area contributed by atoms with Crippen molar-refractivity contribution in [1.29, 1.82) is 0 Å². The highest BCUT2D eigenvalue weighted by molar-refractivity contribution is 14.1. The first-order valence-electron chi connectivity index (χ1n) is 8.71. The Hall–Kier alpha value is -2.42. The van der Waals surface area contributed by atoms with Gasteiger partial charge >= 0.3 is 0 Å². The molecule has 3 amide bonds. The van der Waals surface area contributed by atoms with Crippen LogP contribution in [-0.2, 0) is 4.79 Å². The minimum absolute atomic E-state index is 0.0188. The molecule has 0 unspecified atom stereocenters. The molecule has 1 aliphatic heterocycles. The average molecular weight is 477 g/mol. The molecule has 0 spiro atoms. The predicted octanol–water partition coefficient (Wildman–Crippen LogP) is 2.01. The largest absolute Gasteiger partial charge is 0.343 e. The van der Waals surface area contributed by atoms with Crippen LogP contribution in [0.1, 0.15) is 20.7 Å². The lowest BCUT2D eigenvalue weighted by atomic mass is 10.2. The molecule has 2 aromatic carbocycles. The van der Waals surface area contributed by atoms with Crippen LogP contribution in [0.25, 0.3) is 0 Å². The second-order valence-corrected chi connectivity index (χ2v) is 7.36. The lowest BCUT2D eigenvalue weighted by Crippen LogP contribution is -2.52. The fourth-order valence-corrected chi connectivity index (χ4v) is 3.56. The van der Waals surface area contributed by atoms with Crippen LogP contribution in [0, 0.1) is 3.57 Å². The normalized spacial score (nSPS) is 14.0. The van der Waals surface area contributed by atoms with E-state index in [0.29, 0.717) is 37.3 Å². The van der Waals surface area contributed by atoms with Crippen LogP contribution < -0.4 is 5.32 Å². The number of piperazine rings is 1. The van der Waals surface area contributed by atoms with Gasteiger partial charge in [0.15, 0.2) is 0 Å². The van der Waals surface area contributed by atoms with Gasteiger partial charge in [0.05, 0.1) is 12.1 Å². The van der Waals surface area contributed by atoms with Crippen molar-refractivity contribution in [3.8, 4) is 0 Å². The van der Waals surface area contributed by atoms with Gasteiger partial charge in [0.25, 0.3) is 11.8 Å². The number of halogens is 1. The van der Waals surface area contributed by atoms with Crippen molar-refractivity contribution in [2.24, 2.45) is 0 Å². The second-order valence-electron chi connectivity index (χ2n) is 6.20. The maximum atomic E-state index is 12.4. The van der Waals surface area contributed by atoms with E-state index in [1.807, 2.05) is 30.3 Å². The fraction of sp³-hybridized carbons (Fsp3) is 0.250. The van der Waals surface area contributed by atoms with Crippen molar-refractivity contribution in [1.82, 2.24) is 15.1 Å². The van der Waals surface area contributed by atoms with E-state index in [4.69, 9.17) is 0 Å². The summed E-state index contributed by atoms with van der Waals surface area (Å²) in [6.45, 7) is 1.87. The number of nitrogens with zero attached hydrogens (tertiary/aromatic N) is 2. The van der Waals surface area contributed by atoms with Gasteiger partial charge in [-0.05, 0) is 46.9 Å². The molecular formula is C20H20IN3O3. The molecule has 0 aliphatic carbocycles. The number of rotatable bonds is 4. The lowest BCUT2D eigenvalue weighted by Gasteiger charge is -2.34. The maximum absolute atomic E-state index is 12.4. The Morgan fingerprint density at radius 3 is 2.11 bits per heavy atom. The van der Waals surface area contributed by atoms with E-state index < -0.39 is 0 Å². The molecule has 0 bridgehead atoms. The Labute approximate surface area is 171 Å². The van der Waals surface area contributed by atoms with Crippen LogP contribution in [0.4, 0.5) is 0 Å². The summed E-state index contributed by atoms with van der Waals surface area (Å²) in [5, 5.41) is 2.68. The van der Waals surface area contributed by atoms with Crippen molar-refractivity contribution in [2.75, 3.05) is 32.7 Å². The van der Waals surface area contributed by atoms with Gasteiger partial charge in [-0.3, -0.25) is 14.4 Å². The highest BCUT2D eigenvalue weighted by atomic mass is 127. The topological polar surface area (TPSA) is 69.7 Å². The highest BCUT2D eigenvalue weighted by Crippen LogP contribution is 2.11. The number of benzene rings is 2. The third-order valence-corrected chi connectivity index (χ3v) is 5.40. The number of hydrogen-bond acceptors (Lipinski definition) is 3. The zero-order valence-electron chi connectivity index (χ0n) is 14.7. The molecule has 0 saturated carbocycles. The Morgan fingerprint density at radius 1 is 0.852 bits per heavy atom. The number of nitrogens with one attached hydrogen (secondary N) is 1. The first-order chi connectivity index (χ1) is 13.1. The van der Waals surface area contributed by atoms with Gasteiger partial charge in [-0.15, -0.1) is 0 Å². The summed E-state index contributed by atoms with van der Waals surface area (Å²) in [5.41, 5.74) is 1.21. The quantitative estimate of drug-likeness (QED) is 0.686. The maximum Gasteiger partial charge on any atom is 0.253 e. The molecular weight excluding hydrogens is 457 g/mol. The zero-order valence-corrected chi connectivity index (χ0v) is 16.9. The van der Waals surface area contributed by atoms with Crippen molar-refractivity contribution in [3.05, 3.63) is 69.3 Å². The Bertz CT molecular complexity index is 833. The first kappa shape index (κ1) is 19.3. The van der Waals surface area contributed by atoms with Gasteiger partial charge in [-0.1, -0.05) is 30.3 Å². The predicted molar refractivity (Wildman–Crippen MR) is 110 cm³/mol. The highest BCUT2D eigenvalue weighted by Gasteiger charge is 2.25. The SMILES string of the molecule is O=C(NCC(=O)N1CCN(C(=O)c2ccccc2)CC1)c1ccccc1I. The van der Waals surface area contributed by atoms with Gasteiger partial charge in [0, 0.05) is 35.3 Å². The third kappa shape index (κ3) is 4.85. The molecule has 1 N–H and O–H groups in total. The summed E-state index contributed by atoms with van der Waals surface area (Å²) in [6, 6.07) is 16.4. The van der Waals surface area contributed by atoms with E-state index in [-0.39, 0.29) is 24.3 Å². The molecule has 1 aliphatic rings. The first-order valence-corrected chi connectivity index (χ1v) is 9.79. The molecule has 0 radical (unpaired) electrons. The second kappa shape index (κ2) is 8.98. The van der Waals surface area contributed by atoms with Crippen LogP contribution in [-0.4, -0.2) is 60.2 Å². The van der Waals surface area contributed by atoms with E-state index in [2.05, 4.69) is 27.9 Å². The number of amides is 3. The molecule has 7 heteroatoms. The summed E-state index contributed by atoms with van der Waals surface area (Å²) in [6.07, 6.45) is 0. The van der Waals surface area contributed by atoms with E-state index in [9.17, 15) is 14.4 Å². The van der Waals surface area contributed by atoms with E-state index in [0.717, 1.165) is 3.57 Å². The Morgan fingerprint density at radius 2 is 1.44 bits per heavy atom. The van der Waals surface area contributed by atoms with Crippen LogP contribution in [0.15, 0.2) is 54.6 Å². The van der Waals surface area contributed by atoms with Crippen molar-refractivity contribution in [3.63, 3.8) is 0 Å². The number of hydrogen-bond donors (Lipinski definition) is 1. The van der Waals surface area contributed by atoms with E-state index >= 15 is 0 Å². The van der Waals surface area contributed by atoms with Crippen LogP contribution in [0.2, 0.25) is 0 Å². The molecule has 1 fully saturated rings. The molecule has 6 nitrogen and oxygen atoms in total. The van der Waals surface area contributed by atoms with Crippen LogP contribution in [0.5, 0.6) is 0 Å². The van der Waals surface area contributed by atoms with Crippen molar-refractivity contribution in [2.45, 2.75) is 0 Å². The molecule has 140 valence electrons. The zero-order chi connectivity index (χ0) is 19.2. The third-order valence-electron chi connectivity index (χ3n) is 4.46. The summed E-state index contributed by atoms with van der Waals surface area (Å²) < 4.78 is 0.841. The summed E-state index contributed by atoms with van der Waals surface area (Å²) in [7, 11) is 0. The Balaban J connectivity index is 1.48. The van der Waals surface area contributed by atoms with Gasteiger partial charge in [-0.25, -0.2) is 0 Å². The van der Waals surface area contributed by atoms with Crippen molar-refractivity contribution < 1.29 is 14.4 Å². The standard InChI is InChI=1S/C20H20IN3O3/c21-17-9-5-4-8-16(17)19(26)22-14-18(25)23-10-12-24(13-11-23)20(27)15-6-2-1-3-7-15/h1-9H,10-14H2,(H,22,26). The summed E-state index contributed by atoms with van der Waals surface area (Å²) in [5.74, 6) is -0.415. The molecule has 0 atom stereocenters. The molecule has 0 aromatic heterocycles. The molecule has 2 aromatic rings. The van der Waals surface area contributed by atoms with Gasteiger partial charge in [-0.2, -0.15) is 0 Å². The van der Waals surface area contributed by atoms with E-state index in [1.165, 1.54) is 0 Å². The molecule has 1 saturated heterocycles. The van der Waals surface area contributed by atoms with Gasteiger partial charge in [0.2, 0.25) is 5.91 Å². The van der Waals surface area contributed by atoms with Crippen LogP contribution in [0.3, 0.4) is 0 Å². The van der Waals surface area contributed by atoms with Crippen LogP contribution >= 0.6 is 22.6 Å². The molecule has 1 heterocycles. The summed E-state index contributed by atoms with van der Waals surface area (Å²) >= 11 is 2.10. The number of carbonyl (C=O) groups is 3. The van der Waals surface area contributed by atoms with Gasteiger partial charge in [0.1, 0.15) is 0 Å². The lowest BCUT2D eigenvalue weighted by molar-refractivity contribution is -0.131. The molecule has 3 rings (SSSR count). The van der Waals surface area contributed by atoms with Gasteiger partial charge < -0.3 is 15.1 Å². The fourth-order valence-electron chi connectivity index (χ4n) is 2.93. The minimum Gasteiger partial charge on any atom is -0.343 e. The molecule has 27 heavy (non-hydrogen) atoms. The minimum atomic E-state index is -0.258. The summed E-state index contributed by atoms with van der Waals surface area (Å²) in [4.78, 5) is 40.5. The monoisotopic (exact) mass is 477 g/mol. The van der Waals surface area contributed by atoms with Crippen molar-refractivity contribution >= 4 is 40.3 Å².